The summed E-state index contributed by atoms with van der Waals surface area (Å²) in [6.07, 6.45) is 19.2. The van der Waals surface area contributed by atoms with Crippen molar-refractivity contribution in [3.63, 3.8) is 0 Å². The van der Waals surface area contributed by atoms with Gasteiger partial charge in [-0.2, -0.15) is 0 Å². The molecule has 0 aliphatic rings. The Morgan fingerprint density at radius 3 is 1.68 bits per heavy atom. The molecule has 0 saturated carbocycles. The van der Waals surface area contributed by atoms with Crippen LogP contribution in [0.1, 0.15) is 117 Å². The molecule has 34 heavy (non-hydrogen) atoms. The minimum absolute atomic E-state index is 0.0316. The lowest BCUT2D eigenvalue weighted by atomic mass is 10.1. The summed E-state index contributed by atoms with van der Waals surface area (Å²) in [5.74, 6) is 0.424. The van der Waals surface area contributed by atoms with Crippen molar-refractivity contribution in [2.45, 2.75) is 117 Å². The molecular formula is C29H46O5. The van der Waals surface area contributed by atoms with Gasteiger partial charge in [-0.05, 0) is 25.0 Å². The molecule has 0 radical (unpaired) electrons. The molecule has 0 saturated heterocycles. The molecule has 0 unspecified atom stereocenters. The highest BCUT2D eigenvalue weighted by Gasteiger charge is 2.20. The quantitative estimate of drug-likeness (QED) is 0.154. The van der Waals surface area contributed by atoms with Gasteiger partial charge in [-0.25, -0.2) is 4.79 Å². The minimum Gasteiger partial charge on any atom is -0.507 e. The summed E-state index contributed by atoms with van der Waals surface area (Å²) in [6, 6.07) is 4.90. The first-order valence-corrected chi connectivity index (χ1v) is 13.7. The van der Waals surface area contributed by atoms with Gasteiger partial charge >= 0.3 is 5.63 Å². The number of aromatic hydroxyl groups is 1. The third-order valence-electron chi connectivity index (χ3n) is 6.31. The summed E-state index contributed by atoms with van der Waals surface area (Å²) < 4.78 is 17.3. The second-order valence-corrected chi connectivity index (χ2v) is 9.34. The van der Waals surface area contributed by atoms with Crippen LogP contribution in [-0.2, 0) is 0 Å². The topological polar surface area (TPSA) is 68.9 Å². The zero-order valence-corrected chi connectivity index (χ0v) is 21.5. The van der Waals surface area contributed by atoms with Crippen LogP contribution in [0.2, 0.25) is 0 Å². The predicted octanol–water partition coefficient (Wildman–Crippen LogP) is 8.54. The predicted molar refractivity (Wildman–Crippen MR) is 140 cm³/mol. The lowest BCUT2D eigenvalue weighted by Gasteiger charge is -2.14. The van der Waals surface area contributed by atoms with Crippen molar-refractivity contribution >= 4 is 11.0 Å². The third-order valence-corrected chi connectivity index (χ3v) is 6.31. The van der Waals surface area contributed by atoms with Crippen LogP contribution in [0.5, 0.6) is 17.2 Å². The lowest BCUT2D eigenvalue weighted by molar-refractivity contribution is 0.249. The highest BCUT2D eigenvalue weighted by Crippen LogP contribution is 2.38. The maximum absolute atomic E-state index is 12.6. The second kappa shape index (κ2) is 17.3. The molecule has 192 valence electrons. The van der Waals surface area contributed by atoms with E-state index in [9.17, 15) is 9.90 Å². The van der Waals surface area contributed by atoms with Crippen molar-refractivity contribution < 1.29 is 19.0 Å². The van der Waals surface area contributed by atoms with Crippen LogP contribution in [-0.4, -0.2) is 18.3 Å². The Morgan fingerprint density at radius 1 is 0.676 bits per heavy atom. The molecule has 1 N–H and O–H groups in total. The number of ether oxygens (including phenoxy) is 2. The molecule has 0 bridgehead atoms. The first-order chi connectivity index (χ1) is 16.7. The fourth-order valence-electron chi connectivity index (χ4n) is 4.27. The van der Waals surface area contributed by atoms with Crippen molar-refractivity contribution in [1.82, 2.24) is 0 Å². The number of phenols is 1. The van der Waals surface area contributed by atoms with E-state index in [-0.39, 0.29) is 11.5 Å². The standard InChI is InChI=1S/C29H46O5/c1-3-5-7-9-11-13-15-17-22-32-27-26-24(30)20-19-21-25(26)34-29(31)28(27)33-23-18-16-14-12-10-8-6-4-2/h19-21,30H,3-18,22-23H2,1-2H3. The Bertz CT molecular complexity index is 857. The van der Waals surface area contributed by atoms with Crippen LogP contribution < -0.4 is 15.1 Å². The van der Waals surface area contributed by atoms with Crippen LogP contribution in [0.3, 0.4) is 0 Å². The minimum atomic E-state index is -0.552. The summed E-state index contributed by atoms with van der Waals surface area (Å²) in [7, 11) is 0. The van der Waals surface area contributed by atoms with Gasteiger partial charge in [0.1, 0.15) is 16.7 Å². The van der Waals surface area contributed by atoms with E-state index in [0.717, 1.165) is 25.7 Å². The van der Waals surface area contributed by atoms with E-state index >= 15 is 0 Å². The van der Waals surface area contributed by atoms with Gasteiger partial charge in [-0.3, -0.25) is 0 Å². The van der Waals surface area contributed by atoms with Gasteiger partial charge in [-0.15, -0.1) is 0 Å². The van der Waals surface area contributed by atoms with Crippen LogP contribution in [0.25, 0.3) is 11.0 Å². The zero-order chi connectivity index (χ0) is 24.4. The van der Waals surface area contributed by atoms with E-state index in [4.69, 9.17) is 13.9 Å². The molecular weight excluding hydrogens is 428 g/mol. The highest BCUT2D eigenvalue weighted by atomic mass is 16.5. The van der Waals surface area contributed by atoms with E-state index in [1.165, 1.54) is 77.0 Å². The molecule has 0 aliphatic carbocycles. The SMILES string of the molecule is CCCCCCCCCCOc1c(OCCCCCCCCCC)c2c(O)cccc2oc1=O. The summed E-state index contributed by atoms with van der Waals surface area (Å²) in [4.78, 5) is 12.6. The molecule has 0 amide bonds. The third kappa shape index (κ3) is 9.99. The molecule has 0 atom stereocenters. The van der Waals surface area contributed by atoms with E-state index in [1.54, 1.807) is 18.2 Å². The molecule has 5 heteroatoms. The number of hydrogen-bond acceptors (Lipinski definition) is 5. The maximum atomic E-state index is 12.6. The Labute approximate surface area is 205 Å². The molecule has 2 rings (SSSR count). The van der Waals surface area contributed by atoms with E-state index in [2.05, 4.69) is 13.8 Å². The van der Waals surface area contributed by atoms with Crippen molar-refractivity contribution in [3.05, 3.63) is 28.6 Å². The Morgan fingerprint density at radius 2 is 1.15 bits per heavy atom. The van der Waals surface area contributed by atoms with Gasteiger partial charge < -0.3 is 19.0 Å². The van der Waals surface area contributed by atoms with Gasteiger partial charge in [0.25, 0.3) is 0 Å². The maximum Gasteiger partial charge on any atom is 0.383 e. The molecule has 5 nitrogen and oxygen atoms in total. The highest BCUT2D eigenvalue weighted by molar-refractivity contribution is 5.91. The fraction of sp³-hybridized carbons (Fsp3) is 0.690. The monoisotopic (exact) mass is 474 g/mol. The van der Waals surface area contributed by atoms with Crippen LogP contribution in [0.15, 0.2) is 27.4 Å². The lowest BCUT2D eigenvalue weighted by Crippen LogP contribution is -2.12. The van der Waals surface area contributed by atoms with Gasteiger partial charge in [0.15, 0.2) is 5.75 Å². The molecule has 0 aliphatic heterocycles. The molecule has 0 fully saturated rings. The normalized spacial score (nSPS) is 11.2. The first kappa shape index (κ1) is 28.1. The van der Waals surface area contributed by atoms with Gasteiger partial charge in [0.05, 0.1) is 13.2 Å². The average Bonchev–Trinajstić information content (AvgIpc) is 2.83. The summed E-state index contributed by atoms with van der Waals surface area (Å²) in [6.45, 7) is 5.38. The molecule has 1 heterocycles. The summed E-state index contributed by atoms with van der Waals surface area (Å²) in [5.41, 5.74) is -0.237. The fourth-order valence-corrected chi connectivity index (χ4v) is 4.27. The summed E-state index contributed by atoms with van der Waals surface area (Å²) >= 11 is 0. The molecule has 2 aromatic rings. The van der Waals surface area contributed by atoms with E-state index < -0.39 is 5.63 Å². The number of rotatable bonds is 20. The van der Waals surface area contributed by atoms with Crippen molar-refractivity contribution in [3.8, 4) is 17.2 Å². The van der Waals surface area contributed by atoms with E-state index in [0.29, 0.717) is 29.9 Å². The number of phenolic OH excluding ortho intramolecular Hbond substituents is 1. The summed E-state index contributed by atoms with van der Waals surface area (Å²) in [5, 5.41) is 10.9. The van der Waals surface area contributed by atoms with Crippen molar-refractivity contribution in [2.75, 3.05) is 13.2 Å². The van der Waals surface area contributed by atoms with Crippen LogP contribution in [0, 0.1) is 0 Å². The van der Waals surface area contributed by atoms with Crippen LogP contribution >= 0.6 is 0 Å². The first-order valence-electron chi connectivity index (χ1n) is 13.7. The number of hydrogen-bond donors (Lipinski definition) is 1. The van der Waals surface area contributed by atoms with Crippen molar-refractivity contribution in [2.24, 2.45) is 0 Å². The molecule has 1 aromatic carbocycles. The number of fused-ring (bicyclic) bond motifs is 1. The number of benzene rings is 1. The Hall–Kier alpha value is -2.17. The van der Waals surface area contributed by atoms with Gasteiger partial charge in [0, 0.05) is 0 Å². The molecule has 1 aromatic heterocycles. The van der Waals surface area contributed by atoms with E-state index in [1.807, 2.05) is 0 Å². The van der Waals surface area contributed by atoms with Gasteiger partial charge in [-0.1, -0.05) is 110 Å². The molecule has 0 spiro atoms. The van der Waals surface area contributed by atoms with Gasteiger partial charge in [0.2, 0.25) is 5.75 Å². The van der Waals surface area contributed by atoms with Crippen LogP contribution in [0.4, 0.5) is 0 Å². The largest absolute Gasteiger partial charge is 0.507 e. The Kier molecular flexibility index (Phi) is 14.3. The second-order valence-electron chi connectivity index (χ2n) is 9.34. The van der Waals surface area contributed by atoms with Crippen molar-refractivity contribution in [1.29, 1.82) is 0 Å². The average molecular weight is 475 g/mol. The zero-order valence-electron chi connectivity index (χ0n) is 21.5. The smallest absolute Gasteiger partial charge is 0.383 e. The number of unbranched alkanes of at least 4 members (excludes halogenated alkanes) is 14. The Balaban J connectivity index is 1.89.